The lowest BCUT2D eigenvalue weighted by Crippen LogP contribution is -2.35. The molecule has 0 N–H and O–H groups in total. The summed E-state index contributed by atoms with van der Waals surface area (Å²) in [5.41, 5.74) is 3.12. The lowest BCUT2D eigenvalue weighted by Gasteiger charge is -2.33. The van der Waals surface area contributed by atoms with Crippen LogP contribution < -0.4 is 4.90 Å². The second kappa shape index (κ2) is 8.83. The number of anilines is 1. The molecular formula is C26H27FN4O2S. The van der Waals surface area contributed by atoms with Crippen LogP contribution in [-0.4, -0.2) is 42.3 Å². The Morgan fingerprint density at radius 1 is 1.03 bits per heavy atom. The van der Waals surface area contributed by atoms with Crippen LogP contribution in [0.5, 0.6) is 0 Å². The van der Waals surface area contributed by atoms with Crippen LogP contribution in [0, 0.1) is 5.82 Å². The molecule has 2 aromatic carbocycles. The first-order valence-electron chi connectivity index (χ1n) is 11.5. The predicted octanol–water partition coefficient (Wildman–Crippen LogP) is 5.04. The molecular weight excluding hydrogens is 451 g/mol. The van der Waals surface area contributed by atoms with Crippen LogP contribution in [0.3, 0.4) is 0 Å². The van der Waals surface area contributed by atoms with E-state index in [-0.39, 0.29) is 16.8 Å². The van der Waals surface area contributed by atoms with Gasteiger partial charge in [-0.2, -0.15) is 0 Å². The number of hydrogen-bond acceptors (Lipinski definition) is 5. The van der Waals surface area contributed by atoms with E-state index in [9.17, 15) is 8.42 Å². The minimum Gasteiger partial charge on any atom is -0.344 e. The predicted molar refractivity (Wildman–Crippen MR) is 132 cm³/mol. The maximum absolute atomic E-state index is 15.2. The standard InChI is InChI=1S/C26H27FN4O2S/c1-3-18-16-28-26(29-17-18)30-11-9-21(10-12-30)31-13-8-20-14-23(24(27)15-25(20)31)19-4-6-22(7-5-19)34(2,32)33/h4-8,13-17,21H,3,9-12H2,1-2H3. The summed E-state index contributed by atoms with van der Waals surface area (Å²) in [6.45, 7) is 3.79. The van der Waals surface area contributed by atoms with Gasteiger partial charge in [0.1, 0.15) is 5.82 Å². The number of aryl methyl sites for hydroxylation is 1. The fourth-order valence-corrected chi connectivity index (χ4v) is 5.27. The molecule has 34 heavy (non-hydrogen) atoms. The van der Waals surface area contributed by atoms with Crippen molar-refractivity contribution in [3.05, 3.63) is 72.4 Å². The van der Waals surface area contributed by atoms with E-state index in [2.05, 4.69) is 26.4 Å². The van der Waals surface area contributed by atoms with Crippen molar-refractivity contribution in [2.45, 2.75) is 37.1 Å². The monoisotopic (exact) mass is 478 g/mol. The Kier molecular flexibility index (Phi) is 5.85. The molecule has 2 aromatic heterocycles. The van der Waals surface area contributed by atoms with Crippen molar-refractivity contribution in [2.24, 2.45) is 0 Å². The van der Waals surface area contributed by atoms with Crippen LogP contribution in [0.15, 0.2) is 66.0 Å². The number of halogens is 1. The smallest absolute Gasteiger partial charge is 0.225 e. The third-order valence-corrected chi connectivity index (χ3v) is 7.77. The normalized spacial score (nSPS) is 15.2. The van der Waals surface area contributed by atoms with Crippen molar-refractivity contribution >= 4 is 26.7 Å². The molecule has 3 heterocycles. The topological polar surface area (TPSA) is 68.1 Å². The van der Waals surface area contributed by atoms with E-state index in [0.717, 1.165) is 61.0 Å². The number of hydrogen-bond donors (Lipinski definition) is 0. The Labute approximate surface area is 199 Å². The molecule has 8 heteroatoms. The van der Waals surface area contributed by atoms with Gasteiger partial charge in [-0.25, -0.2) is 22.8 Å². The van der Waals surface area contributed by atoms with Gasteiger partial charge in [0.05, 0.1) is 10.4 Å². The number of aromatic nitrogens is 3. The Morgan fingerprint density at radius 2 is 1.71 bits per heavy atom. The lowest BCUT2D eigenvalue weighted by atomic mass is 10.0. The van der Waals surface area contributed by atoms with E-state index in [1.54, 1.807) is 18.2 Å². The molecule has 176 valence electrons. The number of rotatable bonds is 5. The molecule has 0 aliphatic carbocycles. The molecule has 0 radical (unpaired) electrons. The molecule has 1 aliphatic rings. The summed E-state index contributed by atoms with van der Waals surface area (Å²) < 4.78 is 40.8. The SMILES string of the molecule is CCc1cnc(N2CCC(n3ccc4cc(-c5ccc(S(C)(=O)=O)cc5)c(F)cc43)CC2)nc1. The molecule has 0 unspecified atom stereocenters. The molecule has 0 spiro atoms. The number of nitrogens with zero attached hydrogens (tertiary/aromatic N) is 4. The molecule has 0 bridgehead atoms. The number of sulfone groups is 1. The average Bonchev–Trinajstić information content (AvgIpc) is 3.26. The maximum Gasteiger partial charge on any atom is 0.225 e. The van der Waals surface area contributed by atoms with Crippen molar-refractivity contribution in [2.75, 3.05) is 24.2 Å². The Balaban J connectivity index is 1.36. The summed E-state index contributed by atoms with van der Waals surface area (Å²) in [4.78, 5) is 11.4. The molecule has 4 aromatic rings. The summed E-state index contributed by atoms with van der Waals surface area (Å²) in [5, 5.41) is 0.963. The summed E-state index contributed by atoms with van der Waals surface area (Å²) >= 11 is 0. The molecule has 5 rings (SSSR count). The average molecular weight is 479 g/mol. The number of piperidine rings is 1. The van der Waals surface area contributed by atoms with Crippen LogP contribution in [0.4, 0.5) is 10.3 Å². The minimum atomic E-state index is -3.29. The Hall–Kier alpha value is -3.26. The first-order chi connectivity index (χ1) is 16.3. The van der Waals surface area contributed by atoms with Gasteiger partial charge in [0.2, 0.25) is 5.95 Å². The van der Waals surface area contributed by atoms with Crippen LogP contribution in [0.2, 0.25) is 0 Å². The van der Waals surface area contributed by atoms with Gasteiger partial charge in [0.25, 0.3) is 0 Å². The van der Waals surface area contributed by atoms with E-state index in [1.807, 2.05) is 30.7 Å². The molecule has 0 atom stereocenters. The molecule has 1 fully saturated rings. The highest BCUT2D eigenvalue weighted by Gasteiger charge is 2.23. The largest absolute Gasteiger partial charge is 0.344 e. The van der Waals surface area contributed by atoms with Gasteiger partial charge >= 0.3 is 0 Å². The van der Waals surface area contributed by atoms with Gasteiger partial charge in [-0.15, -0.1) is 0 Å². The van der Waals surface area contributed by atoms with Gasteiger partial charge < -0.3 is 9.47 Å². The van der Waals surface area contributed by atoms with Crippen molar-refractivity contribution in [3.8, 4) is 11.1 Å². The summed E-state index contributed by atoms with van der Waals surface area (Å²) in [6, 6.07) is 12.1. The van der Waals surface area contributed by atoms with Gasteiger partial charge in [0.15, 0.2) is 9.84 Å². The van der Waals surface area contributed by atoms with E-state index >= 15 is 4.39 Å². The third kappa shape index (κ3) is 4.30. The summed E-state index contributed by atoms with van der Waals surface area (Å²) in [7, 11) is -3.29. The maximum atomic E-state index is 15.2. The first-order valence-corrected chi connectivity index (χ1v) is 13.4. The Bertz CT molecular complexity index is 1420. The quantitative estimate of drug-likeness (QED) is 0.402. The Morgan fingerprint density at radius 3 is 2.32 bits per heavy atom. The summed E-state index contributed by atoms with van der Waals surface area (Å²) in [6.07, 6.45) is 9.77. The molecule has 6 nitrogen and oxygen atoms in total. The van der Waals surface area contributed by atoms with Crippen LogP contribution in [-0.2, 0) is 16.3 Å². The fourth-order valence-electron chi connectivity index (χ4n) is 4.64. The number of fused-ring (bicyclic) bond motifs is 1. The van der Waals surface area contributed by atoms with Gasteiger partial charge in [-0.3, -0.25) is 0 Å². The number of benzene rings is 2. The van der Waals surface area contributed by atoms with Crippen molar-refractivity contribution in [3.63, 3.8) is 0 Å². The van der Waals surface area contributed by atoms with Crippen LogP contribution in [0.1, 0.15) is 31.4 Å². The molecule has 0 saturated carbocycles. The molecule has 1 saturated heterocycles. The minimum absolute atomic E-state index is 0.224. The van der Waals surface area contributed by atoms with Crippen molar-refractivity contribution in [1.82, 2.24) is 14.5 Å². The zero-order chi connectivity index (χ0) is 23.9. The van der Waals surface area contributed by atoms with Crippen molar-refractivity contribution < 1.29 is 12.8 Å². The van der Waals surface area contributed by atoms with E-state index in [4.69, 9.17) is 0 Å². The van der Waals surface area contributed by atoms with Gasteiger partial charge in [-0.05, 0) is 60.7 Å². The lowest BCUT2D eigenvalue weighted by molar-refractivity contribution is 0.402. The third-order valence-electron chi connectivity index (χ3n) is 6.64. The van der Waals surface area contributed by atoms with Gasteiger partial charge in [0, 0.05) is 54.9 Å². The van der Waals surface area contributed by atoms with E-state index in [1.165, 1.54) is 12.1 Å². The van der Waals surface area contributed by atoms with Crippen molar-refractivity contribution in [1.29, 1.82) is 0 Å². The zero-order valence-corrected chi connectivity index (χ0v) is 20.1. The zero-order valence-electron chi connectivity index (χ0n) is 19.3. The highest BCUT2D eigenvalue weighted by molar-refractivity contribution is 7.90. The fraction of sp³-hybridized carbons (Fsp3) is 0.308. The molecule has 1 aliphatic heterocycles. The highest BCUT2D eigenvalue weighted by atomic mass is 32.2. The second-order valence-electron chi connectivity index (χ2n) is 8.87. The van der Waals surface area contributed by atoms with E-state index in [0.29, 0.717) is 11.1 Å². The first kappa shape index (κ1) is 22.5. The van der Waals surface area contributed by atoms with E-state index < -0.39 is 9.84 Å². The highest BCUT2D eigenvalue weighted by Crippen LogP contribution is 2.33. The van der Waals surface area contributed by atoms with Crippen LogP contribution in [0.25, 0.3) is 22.0 Å². The summed E-state index contributed by atoms with van der Waals surface area (Å²) in [5.74, 6) is 0.451. The van der Waals surface area contributed by atoms with Crippen LogP contribution >= 0.6 is 0 Å². The second-order valence-corrected chi connectivity index (χ2v) is 10.9. The van der Waals surface area contributed by atoms with Gasteiger partial charge in [-0.1, -0.05) is 19.1 Å². The molecule has 0 amide bonds.